The van der Waals surface area contributed by atoms with Crippen molar-refractivity contribution >= 4 is 32.3 Å². The first-order chi connectivity index (χ1) is 21.8. The zero-order valence-electron chi connectivity index (χ0n) is 24.6. The molecule has 0 heterocycles. The van der Waals surface area contributed by atoms with Gasteiger partial charge in [-0.15, -0.1) is 0 Å². The minimum absolute atomic E-state index is 1.04. The van der Waals surface area contributed by atoms with E-state index in [1.165, 1.54) is 76.8 Å². The first-order valence-electron chi connectivity index (χ1n) is 15.5. The molecule has 0 aliphatic heterocycles. The SMILES string of the molecule is c1ccc(CCc2ccc(-c3c4ccccc4c(-c4ccc(-c5cccc6ccccc56)cc4)c4ccccc34)cc2)cc1. The Morgan fingerprint density at radius 2 is 0.682 bits per heavy atom. The summed E-state index contributed by atoms with van der Waals surface area (Å²) < 4.78 is 0. The average Bonchev–Trinajstić information content (AvgIpc) is 3.10. The molecule has 0 aliphatic carbocycles. The zero-order chi connectivity index (χ0) is 29.3. The third-order valence-electron chi connectivity index (χ3n) is 8.99. The van der Waals surface area contributed by atoms with Crippen LogP contribution >= 0.6 is 0 Å². The molecule has 8 rings (SSSR count). The van der Waals surface area contributed by atoms with Crippen LogP contribution in [-0.4, -0.2) is 0 Å². The number of hydrogen-bond donors (Lipinski definition) is 0. The summed E-state index contributed by atoms with van der Waals surface area (Å²) in [6.45, 7) is 0. The van der Waals surface area contributed by atoms with Crippen LogP contribution in [-0.2, 0) is 12.8 Å². The fourth-order valence-electron chi connectivity index (χ4n) is 6.82. The largest absolute Gasteiger partial charge is 0.0622 e. The molecule has 0 aromatic heterocycles. The van der Waals surface area contributed by atoms with Gasteiger partial charge in [-0.2, -0.15) is 0 Å². The normalized spacial score (nSPS) is 11.4. The van der Waals surface area contributed by atoms with Crippen LogP contribution < -0.4 is 0 Å². The van der Waals surface area contributed by atoms with E-state index in [9.17, 15) is 0 Å². The molecule has 0 atom stereocenters. The van der Waals surface area contributed by atoms with Crippen molar-refractivity contribution in [2.45, 2.75) is 12.8 Å². The topological polar surface area (TPSA) is 0 Å². The van der Waals surface area contributed by atoms with Crippen LogP contribution in [0.2, 0.25) is 0 Å². The van der Waals surface area contributed by atoms with Crippen LogP contribution in [0.4, 0.5) is 0 Å². The maximum Gasteiger partial charge on any atom is -0.00264 e. The van der Waals surface area contributed by atoms with Gasteiger partial charge in [0.2, 0.25) is 0 Å². The molecule has 8 aromatic carbocycles. The van der Waals surface area contributed by atoms with Crippen molar-refractivity contribution in [2.75, 3.05) is 0 Å². The lowest BCUT2D eigenvalue weighted by Gasteiger charge is -2.18. The Morgan fingerprint density at radius 1 is 0.273 bits per heavy atom. The van der Waals surface area contributed by atoms with Gasteiger partial charge in [-0.3, -0.25) is 0 Å². The fourth-order valence-corrected chi connectivity index (χ4v) is 6.82. The highest BCUT2D eigenvalue weighted by Gasteiger charge is 2.16. The number of rotatable bonds is 6. The summed E-state index contributed by atoms with van der Waals surface area (Å²) >= 11 is 0. The predicted molar refractivity (Wildman–Crippen MR) is 189 cm³/mol. The van der Waals surface area contributed by atoms with Gasteiger partial charge >= 0.3 is 0 Å². The van der Waals surface area contributed by atoms with Crippen molar-refractivity contribution in [3.8, 4) is 33.4 Å². The van der Waals surface area contributed by atoms with E-state index < -0.39 is 0 Å². The second-order valence-electron chi connectivity index (χ2n) is 11.6. The maximum atomic E-state index is 2.31. The Labute approximate surface area is 258 Å². The summed E-state index contributed by atoms with van der Waals surface area (Å²) in [5.74, 6) is 0. The lowest BCUT2D eigenvalue weighted by molar-refractivity contribution is 0.960. The van der Waals surface area contributed by atoms with E-state index in [1.807, 2.05) is 0 Å². The molecule has 0 aliphatic rings. The highest BCUT2D eigenvalue weighted by Crippen LogP contribution is 2.44. The van der Waals surface area contributed by atoms with Gasteiger partial charge in [0.25, 0.3) is 0 Å². The highest BCUT2D eigenvalue weighted by molar-refractivity contribution is 6.21. The van der Waals surface area contributed by atoms with Crippen LogP contribution in [0.25, 0.3) is 65.7 Å². The lowest BCUT2D eigenvalue weighted by Crippen LogP contribution is -1.93. The van der Waals surface area contributed by atoms with E-state index in [4.69, 9.17) is 0 Å². The van der Waals surface area contributed by atoms with Gasteiger partial charge in [0, 0.05) is 0 Å². The third kappa shape index (κ3) is 4.75. The van der Waals surface area contributed by atoms with E-state index in [0.29, 0.717) is 0 Å². The van der Waals surface area contributed by atoms with Crippen molar-refractivity contribution in [3.05, 3.63) is 181 Å². The molecular formula is C44H32. The summed E-state index contributed by atoms with van der Waals surface area (Å²) in [7, 11) is 0. The van der Waals surface area contributed by atoms with Crippen molar-refractivity contribution in [2.24, 2.45) is 0 Å². The van der Waals surface area contributed by atoms with E-state index in [0.717, 1.165) is 12.8 Å². The number of aryl methyl sites for hydroxylation is 2. The fraction of sp³-hybridized carbons (Fsp3) is 0.0455. The summed E-state index contributed by atoms with van der Waals surface area (Å²) in [4.78, 5) is 0. The van der Waals surface area contributed by atoms with E-state index in [-0.39, 0.29) is 0 Å². The molecule has 0 N–H and O–H groups in total. The number of fused-ring (bicyclic) bond motifs is 3. The Hall–Kier alpha value is -5.46. The van der Waals surface area contributed by atoms with E-state index >= 15 is 0 Å². The molecule has 44 heavy (non-hydrogen) atoms. The first kappa shape index (κ1) is 26.2. The van der Waals surface area contributed by atoms with Crippen molar-refractivity contribution in [1.82, 2.24) is 0 Å². The molecule has 0 nitrogen and oxygen atoms in total. The van der Waals surface area contributed by atoms with Crippen LogP contribution in [0.15, 0.2) is 170 Å². The summed E-state index contributed by atoms with van der Waals surface area (Å²) in [6, 6.07) is 62.2. The molecular weight excluding hydrogens is 528 g/mol. The monoisotopic (exact) mass is 560 g/mol. The molecule has 0 heteroatoms. The minimum Gasteiger partial charge on any atom is -0.0622 e. The van der Waals surface area contributed by atoms with Crippen LogP contribution in [0.3, 0.4) is 0 Å². The van der Waals surface area contributed by atoms with Crippen LogP contribution in [0.1, 0.15) is 11.1 Å². The Morgan fingerprint density at radius 3 is 1.25 bits per heavy atom. The quantitative estimate of drug-likeness (QED) is 0.177. The Bertz CT molecular complexity index is 2180. The minimum atomic E-state index is 1.04. The van der Waals surface area contributed by atoms with E-state index in [2.05, 4.69) is 170 Å². The smallest absolute Gasteiger partial charge is 0.00264 e. The summed E-state index contributed by atoms with van der Waals surface area (Å²) in [5.41, 5.74) is 10.4. The second kappa shape index (κ2) is 11.3. The number of benzene rings is 8. The highest BCUT2D eigenvalue weighted by atomic mass is 14.2. The Balaban J connectivity index is 1.22. The number of hydrogen-bond acceptors (Lipinski definition) is 0. The summed E-state index contributed by atoms with van der Waals surface area (Å²) in [6.07, 6.45) is 2.10. The van der Waals surface area contributed by atoms with Crippen molar-refractivity contribution in [1.29, 1.82) is 0 Å². The van der Waals surface area contributed by atoms with Gasteiger partial charge in [-0.1, -0.05) is 170 Å². The molecule has 8 aromatic rings. The van der Waals surface area contributed by atoms with E-state index in [1.54, 1.807) is 0 Å². The van der Waals surface area contributed by atoms with Gasteiger partial charge in [-0.25, -0.2) is 0 Å². The van der Waals surface area contributed by atoms with Crippen molar-refractivity contribution < 1.29 is 0 Å². The molecule has 0 amide bonds. The van der Waals surface area contributed by atoms with Gasteiger partial charge in [0.1, 0.15) is 0 Å². The summed E-state index contributed by atoms with van der Waals surface area (Å²) in [5, 5.41) is 7.70. The zero-order valence-corrected chi connectivity index (χ0v) is 24.6. The second-order valence-corrected chi connectivity index (χ2v) is 11.6. The van der Waals surface area contributed by atoms with Crippen LogP contribution in [0, 0.1) is 0 Å². The Kier molecular flexibility index (Phi) is 6.74. The molecule has 0 fully saturated rings. The predicted octanol–water partition coefficient (Wildman–Crippen LogP) is 11.9. The third-order valence-corrected chi connectivity index (χ3v) is 8.99. The van der Waals surface area contributed by atoms with Crippen molar-refractivity contribution in [3.63, 3.8) is 0 Å². The standard InChI is InChI=1S/C44H32/c1-2-11-31(12-3-1)21-22-32-23-25-35(26-24-32)43-39-16-6-8-18-41(39)44(42-19-9-7-17-40(42)43)36-29-27-34(28-30-36)38-20-10-14-33-13-4-5-15-37(33)38/h1-20,23-30H,21-22H2. The molecule has 0 saturated carbocycles. The average molecular weight is 561 g/mol. The first-order valence-corrected chi connectivity index (χ1v) is 15.5. The maximum absolute atomic E-state index is 2.31. The molecule has 208 valence electrons. The molecule has 0 bridgehead atoms. The van der Waals surface area contributed by atoms with Gasteiger partial charge in [0.15, 0.2) is 0 Å². The molecule has 0 saturated heterocycles. The van der Waals surface area contributed by atoms with Gasteiger partial charge in [-0.05, 0) is 89.7 Å². The van der Waals surface area contributed by atoms with Gasteiger partial charge < -0.3 is 0 Å². The molecule has 0 radical (unpaired) electrons. The molecule has 0 spiro atoms. The van der Waals surface area contributed by atoms with Gasteiger partial charge in [0.05, 0.1) is 0 Å². The lowest BCUT2D eigenvalue weighted by atomic mass is 9.85. The molecule has 0 unspecified atom stereocenters. The van der Waals surface area contributed by atoms with Crippen LogP contribution in [0.5, 0.6) is 0 Å².